The Kier molecular flexibility index (Phi) is 2.89. The van der Waals surface area contributed by atoms with Crippen molar-refractivity contribution in [3.05, 3.63) is 47.0 Å². The first-order valence-electron chi connectivity index (χ1n) is 8.39. The van der Waals surface area contributed by atoms with Crippen molar-refractivity contribution in [1.29, 1.82) is 0 Å². The molecule has 0 aromatic heterocycles. The van der Waals surface area contributed by atoms with Gasteiger partial charge < -0.3 is 0 Å². The Bertz CT molecular complexity index is 625. The van der Waals surface area contributed by atoms with E-state index in [0.29, 0.717) is 30.0 Å². The number of Topliss-reactive ketones (excluding diaryl/α,β-unsaturated/α-hetero) is 1. The molecule has 1 fully saturated rings. The van der Waals surface area contributed by atoms with E-state index in [2.05, 4.69) is 44.2 Å². The molecule has 4 rings (SSSR count). The van der Waals surface area contributed by atoms with E-state index in [9.17, 15) is 4.79 Å². The van der Waals surface area contributed by atoms with Crippen LogP contribution in [0.1, 0.15) is 49.8 Å². The highest BCUT2D eigenvalue weighted by Gasteiger charge is 2.52. The van der Waals surface area contributed by atoms with Crippen molar-refractivity contribution in [1.82, 2.24) is 0 Å². The molecule has 1 aromatic carbocycles. The topological polar surface area (TPSA) is 17.1 Å². The number of ketones is 1. The lowest BCUT2D eigenvalue weighted by molar-refractivity contribution is -0.120. The maximum absolute atomic E-state index is 12.3. The molecule has 110 valence electrons. The summed E-state index contributed by atoms with van der Waals surface area (Å²) in [5, 5.41) is 0. The van der Waals surface area contributed by atoms with E-state index in [-0.39, 0.29) is 5.41 Å². The fourth-order valence-corrected chi connectivity index (χ4v) is 5.03. The Morgan fingerprint density at radius 2 is 2.14 bits per heavy atom. The minimum absolute atomic E-state index is 0.136. The summed E-state index contributed by atoms with van der Waals surface area (Å²) in [6, 6.07) is 6.92. The largest absolute Gasteiger partial charge is 0.299 e. The van der Waals surface area contributed by atoms with Crippen LogP contribution in [0.5, 0.6) is 0 Å². The summed E-state index contributed by atoms with van der Waals surface area (Å²) in [7, 11) is 0. The molecule has 1 aromatic rings. The molecule has 21 heavy (non-hydrogen) atoms. The first-order valence-corrected chi connectivity index (χ1v) is 8.39. The summed E-state index contributed by atoms with van der Waals surface area (Å²) in [4.78, 5) is 12.3. The second kappa shape index (κ2) is 4.56. The number of benzene rings is 1. The van der Waals surface area contributed by atoms with Crippen LogP contribution < -0.4 is 0 Å². The van der Waals surface area contributed by atoms with Gasteiger partial charge in [-0.2, -0.15) is 0 Å². The zero-order valence-electron chi connectivity index (χ0n) is 13.1. The van der Waals surface area contributed by atoms with Gasteiger partial charge in [0, 0.05) is 18.3 Å². The lowest BCUT2D eigenvalue weighted by Crippen LogP contribution is -2.39. The van der Waals surface area contributed by atoms with Crippen LogP contribution in [0, 0.1) is 17.8 Å². The maximum atomic E-state index is 12.3. The third kappa shape index (κ3) is 2.01. The van der Waals surface area contributed by atoms with Gasteiger partial charge in [0.1, 0.15) is 5.78 Å². The molecule has 1 spiro atoms. The van der Waals surface area contributed by atoms with E-state index < -0.39 is 0 Å². The lowest BCUT2D eigenvalue weighted by Gasteiger charge is -2.40. The molecule has 2 bridgehead atoms. The number of allylic oxidation sites excluding steroid dienone is 2. The molecule has 1 nitrogen and oxygen atoms in total. The third-order valence-corrected chi connectivity index (χ3v) is 5.76. The third-order valence-electron chi connectivity index (χ3n) is 5.76. The van der Waals surface area contributed by atoms with Crippen molar-refractivity contribution >= 4 is 5.78 Å². The van der Waals surface area contributed by atoms with Crippen molar-refractivity contribution in [3.8, 4) is 0 Å². The molecular weight excluding hydrogens is 256 g/mol. The number of hydrogen-bond donors (Lipinski definition) is 0. The molecular formula is C20H24O. The van der Waals surface area contributed by atoms with Crippen molar-refractivity contribution in [2.45, 2.75) is 51.4 Å². The van der Waals surface area contributed by atoms with Crippen molar-refractivity contribution < 1.29 is 4.79 Å². The van der Waals surface area contributed by atoms with Gasteiger partial charge in [0.05, 0.1) is 0 Å². The predicted octanol–water partition coefficient (Wildman–Crippen LogP) is 4.23. The van der Waals surface area contributed by atoms with Crippen molar-refractivity contribution in [3.63, 3.8) is 0 Å². The Labute approximate surface area is 127 Å². The van der Waals surface area contributed by atoms with E-state index in [4.69, 9.17) is 0 Å². The van der Waals surface area contributed by atoms with Gasteiger partial charge in [-0.15, -0.1) is 0 Å². The van der Waals surface area contributed by atoms with Gasteiger partial charge in [-0.1, -0.05) is 44.2 Å². The number of carbonyl (C=O) groups is 1. The van der Waals surface area contributed by atoms with Gasteiger partial charge in [0.2, 0.25) is 0 Å². The van der Waals surface area contributed by atoms with Crippen LogP contribution in [-0.2, 0) is 23.1 Å². The fraction of sp³-hybridized carbons (Fsp3) is 0.550. The summed E-state index contributed by atoms with van der Waals surface area (Å²) in [6.45, 7) is 4.55. The van der Waals surface area contributed by atoms with Gasteiger partial charge in [-0.3, -0.25) is 4.79 Å². The molecule has 0 N–H and O–H groups in total. The molecule has 0 heterocycles. The second-order valence-corrected chi connectivity index (χ2v) is 7.83. The fourth-order valence-electron chi connectivity index (χ4n) is 5.03. The maximum Gasteiger partial charge on any atom is 0.138 e. The molecule has 0 saturated heterocycles. The Hall–Kier alpha value is -1.37. The van der Waals surface area contributed by atoms with Crippen LogP contribution in [0.2, 0.25) is 0 Å². The molecule has 0 amide bonds. The van der Waals surface area contributed by atoms with Gasteiger partial charge >= 0.3 is 0 Å². The van der Waals surface area contributed by atoms with Crippen molar-refractivity contribution in [2.75, 3.05) is 0 Å². The Morgan fingerprint density at radius 1 is 1.29 bits per heavy atom. The summed E-state index contributed by atoms with van der Waals surface area (Å²) >= 11 is 0. The second-order valence-electron chi connectivity index (χ2n) is 7.83. The number of fused-ring (bicyclic) bond motifs is 5. The van der Waals surface area contributed by atoms with Gasteiger partial charge in [0.25, 0.3) is 0 Å². The minimum atomic E-state index is 0.136. The van der Waals surface area contributed by atoms with E-state index >= 15 is 0 Å². The number of rotatable bonds is 2. The van der Waals surface area contributed by atoms with Gasteiger partial charge in [-0.05, 0) is 53.7 Å². The summed E-state index contributed by atoms with van der Waals surface area (Å²) < 4.78 is 0. The monoisotopic (exact) mass is 280 g/mol. The van der Waals surface area contributed by atoms with Crippen LogP contribution >= 0.6 is 0 Å². The summed E-state index contributed by atoms with van der Waals surface area (Å²) in [5.74, 6) is 2.44. The smallest absolute Gasteiger partial charge is 0.138 e. The summed E-state index contributed by atoms with van der Waals surface area (Å²) in [5.41, 5.74) is 4.40. The van der Waals surface area contributed by atoms with Crippen molar-refractivity contribution in [2.24, 2.45) is 17.8 Å². The highest BCUT2D eigenvalue weighted by molar-refractivity contribution is 5.85. The molecule has 3 aliphatic carbocycles. The minimum Gasteiger partial charge on any atom is -0.299 e. The molecule has 1 heteroatoms. The first-order chi connectivity index (χ1) is 10.1. The van der Waals surface area contributed by atoms with Gasteiger partial charge in [-0.25, -0.2) is 0 Å². The molecule has 3 atom stereocenters. The highest BCUT2D eigenvalue weighted by Crippen LogP contribution is 2.57. The van der Waals surface area contributed by atoms with Crippen LogP contribution in [0.25, 0.3) is 0 Å². The molecule has 0 radical (unpaired) electrons. The van der Waals surface area contributed by atoms with Gasteiger partial charge in [0.15, 0.2) is 0 Å². The van der Waals surface area contributed by atoms with E-state index in [1.54, 1.807) is 0 Å². The standard InChI is InChI=1S/C20H24O/c1-13(2)7-14-3-5-16-10-18(21)12-20(19(16)9-14)11-15-4-6-17(20)8-15/h3-6,9,13,15,17H,7-8,10-12H2,1-2H3. The van der Waals surface area contributed by atoms with E-state index in [1.165, 1.54) is 29.5 Å². The van der Waals surface area contributed by atoms with Crippen LogP contribution in [0.15, 0.2) is 30.4 Å². The average molecular weight is 280 g/mol. The Morgan fingerprint density at radius 3 is 2.81 bits per heavy atom. The molecule has 3 unspecified atom stereocenters. The molecule has 0 aliphatic heterocycles. The zero-order valence-corrected chi connectivity index (χ0v) is 13.1. The van der Waals surface area contributed by atoms with Crippen LogP contribution in [-0.4, -0.2) is 5.78 Å². The van der Waals surface area contributed by atoms with Crippen LogP contribution in [0.4, 0.5) is 0 Å². The van der Waals surface area contributed by atoms with Crippen LogP contribution in [0.3, 0.4) is 0 Å². The Balaban J connectivity index is 1.81. The average Bonchev–Trinajstić information content (AvgIpc) is 2.99. The SMILES string of the molecule is CC(C)Cc1ccc2c(c1)C1(CC(=O)C2)CC2C=CC1C2. The quantitative estimate of drug-likeness (QED) is 0.741. The molecule has 1 saturated carbocycles. The molecule has 3 aliphatic rings. The normalized spacial score (nSPS) is 33.2. The number of carbonyl (C=O) groups excluding carboxylic acids is 1. The van der Waals surface area contributed by atoms with E-state index in [0.717, 1.165) is 12.8 Å². The zero-order chi connectivity index (χ0) is 14.6. The number of hydrogen-bond acceptors (Lipinski definition) is 1. The van der Waals surface area contributed by atoms with E-state index in [1.807, 2.05) is 0 Å². The lowest BCUT2D eigenvalue weighted by atomic mass is 9.62. The first kappa shape index (κ1) is 13.3. The summed E-state index contributed by atoms with van der Waals surface area (Å²) in [6.07, 6.45) is 9.80. The highest BCUT2D eigenvalue weighted by atomic mass is 16.1. The predicted molar refractivity (Wildman–Crippen MR) is 85.3 cm³/mol.